The zero-order chi connectivity index (χ0) is 12.4. The van der Waals surface area contributed by atoms with Gasteiger partial charge in [0.15, 0.2) is 0 Å². The molecule has 2 aromatic heterocycles. The maximum absolute atomic E-state index is 12.2. The second-order valence-corrected chi connectivity index (χ2v) is 4.13. The van der Waals surface area contributed by atoms with Crippen molar-refractivity contribution >= 4 is 11.0 Å². The van der Waals surface area contributed by atoms with E-state index in [1.54, 1.807) is 16.8 Å². The molecule has 0 fully saturated rings. The Morgan fingerprint density at radius 1 is 1.12 bits per heavy atom. The summed E-state index contributed by atoms with van der Waals surface area (Å²) in [7, 11) is 0. The number of rotatable bonds is 4. The summed E-state index contributed by atoms with van der Waals surface area (Å²) in [5.41, 5.74) is 0.802. The third kappa shape index (κ3) is 1.81. The molecule has 0 unspecified atom stereocenters. The van der Waals surface area contributed by atoms with Gasteiger partial charge in [0.25, 0.3) is 5.56 Å². The molecule has 0 spiro atoms. The predicted octanol–water partition coefficient (Wildman–Crippen LogP) is 1.31. The topological polar surface area (TPSA) is 59.8 Å². The summed E-state index contributed by atoms with van der Waals surface area (Å²) in [5, 5.41) is 0. The van der Waals surface area contributed by atoms with E-state index >= 15 is 0 Å². The van der Waals surface area contributed by atoms with Gasteiger partial charge in [-0.3, -0.25) is 13.9 Å². The lowest BCUT2D eigenvalue weighted by atomic mass is 10.3. The largest absolute Gasteiger partial charge is 0.355 e. The standard InChI is InChI=1S/C12H17N3O2/c1-3-7-14-9-5-6-13-10(9)11(16)15(8-4-2)12(14)17/h5-6,13H,3-4,7-8H2,1-2H3. The van der Waals surface area contributed by atoms with Crippen LogP contribution in [0.4, 0.5) is 0 Å². The molecule has 17 heavy (non-hydrogen) atoms. The quantitative estimate of drug-likeness (QED) is 0.868. The third-order valence-electron chi connectivity index (χ3n) is 2.83. The number of aromatic nitrogens is 3. The average Bonchev–Trinajstić information content (AvgIpc) is 2.79. The van der Waals surface area contributed by atoms with Crippen LogP contribution in [0, 0.1) is 0 Å². The van der Waals surface area contributed by atoms with E-state index < -0.39 is 0 Å². The Balaban J connectivity index is 2.82. The number of hydrogen-bond donors (Lipinski definition) is 1. The van der Waals surface area contributed by atoms with Crippen molar-refractivity contribution in [3.63, 3.8) is 0 Å². The van der Waals surface area contributed by atoms with Gasteiger partial charge in [0.05, 0.1) is 5.52 Å². The van der Waals surface area contributed by atoms with Crippen LogP contribution in [0.5, 0.6) is 0 Å². The third-order valence-corrected chi connectivity index (χ3v) is 2.83. The number of hydrogen-bond acceptors (Lipinski definition) is 2. The smallest absolute Gasteiger partial charge is 0.331 e. The van der Waals surface area contributed by atoms with Gasteiger partial charge in [-0.25, -0.2) is 4.79 Å². The van der Waals surface area contributed by atoms with Crippen LogP contribution in [0.2, 0.25) is 0 Å². The summed E-state index contributed by atoms with van der Waals surface area (Å²) in [6.07, 6.45) is 3.34. The van der Waals surface area contributed by atoms with Gasteiger partial charge in [-0.2, -0.15) is 0 Å². The highest BCUT2D eigenvalue weighted by molar-refractivity contribution is 5.74. The number of aryl methyl sites for hydroxylation is 1. The van der Waals surface area contributed by atoms with Gasteiger partial charge in [-0.05, 0) is 18.9 Å². The van der Waals surface area contributed by atoms with Crippen LogP contribution in [-0.4, -0.2) is 14.1 Å². The molecule has 0 radical (unpaired) electrons. The van der Waals surface area contributed by atoms with Gasteiger partial charge >= 0.3 is 5.69 Å². The fourth-order valence-corrected chi connectivity index (χ4v) is 2.09. The van der Waals surface area contributed by atoms with E-state index in [9.17, 15) is 9.59 Å². The Kier molecular flexibility index (Phi) is 3.17. The van der Waals surface area contributed by atoms with Gasteiger partial charge < -0.3 is 4.98 Å². The van der Waals surface area contributed by atoms with Gasteiger partial charge in [0.1, 0.15) is 5.52 Å². The van der Waals surface area contributed by atoms with Crippen LogP contribution >= 0.6 is 0 Å². The van der Waals surface area contributed by atoms with Gasteiger partial charge in [0.2, 0.25) is 0 Å². The van der Waals surface area contributed by atoms with Gasteiger partial charge in [-0.15, -0.1) is 0 Å². The van der Waals surface area contributed by atoms with Crippen LogP contribution in [-0.2, 0) is 13.1 Å². The molecule has 2 rings (SSSR count). The number of nitrogens with one attached hydrogen (secondary N) is 1. The molecule has 1 N–H and O–H groups in total. The summed E-state index contributed by atoms with van der Waals surface area (Å²) < 4.78 is 2.98. The molecular weight excluding hydrogens is 218 g/mol. The van der Waals surface area contributed by atoms with Crippen molar-refractivity contribution in [2.75, 3.05) is 0 Å². The van der Waals surface area contributed by atoms with Crippen LogP contribution in [0.25, 0.3) is 11.0 Å². The van der Waals surface area contributed by atoms with Crippen molar-refractivity contribution in [3.8, 4) is 0 Å². The minimum absolute atomic E-state index is 0.203. The molecule has 0 aliphatic heterocycles. The molecule has 2 heterocycles. The van der Waals surface area contributed by atoms with Crippen molar-refractivity contribution in [3.05, 3.63) is 33.1 Å². The van der Waals surface area contributed by atoms with Crippen molar-refractivity contribution in [2.24, 2.45) is 0 Å². The number of fused-ring (bicyclic) bond motifs is 1. The number of aromatic amines is 1. The molecule has 92 valence electrons. The van der Waals surface area contributed by atoms with Crippen molar-refractivity contribution < 1.29 is 0 Å². The Morgan fingerprint density at radius 2 is 1.76 bits per heavy atom. The van der Waals surface area contributed by atoms with E-state index in [1.807, 2.05) is 13.8 Å². The Morgan fingerprint density at radius 3 is 2.41 bits per heavy atom. The zero-order valence-corrected chi connectivity index (χ0v) is 10.2. The Bertz CT molecular complexity index is 633. The monoisotopic (exact) mass is 235 g/mol. The molecule has 5 nitrogen and oxygen atoms in total. The molecule has 5 heteroatoms. The second kappa shape index (κ2) is 4.61. The first-order valence-electron chi connectivity index (χ1n) is 6.01. The highest BCUT2D eigenvalue weighted by Gasteiger charge is 2.12. The zero-order valence-electron chi connectivity index (χ0n) is 10.2. The Labute approximate surface area is 98.7 Å². The van der Waals surface area contributed by atoms with Crippen LogP contribution in [0.3, 0.4) is 0 Å². The fourth-order valence-electron chi connectivity index (χ4n) is 2.09. The van der Waals surface area contributed by atoms with E-state index in [-0.39, 0.29) is 11.2 Å². The maximum atomic E-state index is 12.2. The van der Waals surface area contributed by atoms with E-state index in [0.717, 1.165) is 12.8 Å². The molecule has 0 bridgehead atoms. The maximum Gasteiger partial charge on any atom is 0.331 e. The summed E-state index contributed by atoms with van der Waals surface area (Å²) in [6, 6.07) is 1.78. The van der Waals surface area contributed by atoms with E-state index in [1.165, 1.54) is 4.57 Å². The van der Waals surface area contributed by atoms with Crippen LogP contribution in [0.15, 0.2) is 21.9 Å². The second-order valence-electron chi connectivity index (χ2n) is 4.13. The first kappa shape index (κ1) is 11.7. The molecule has 0 saturated carbocycles. The van der Waals surface area contributed by atoms with Crippen LogP contribution in [0.1, 0.15) is 26.7 Å². The lowest BCUT2D eigenvalue weighted by molar-refractivity contribution is 0.558. The number of H-pyrrole nitrogens is 1. The summed E-state index contributed by atoms with van der Waals surface area (Å²) in [4.78, 5) is 27.2. The highest BCUT2D eigenvalue weighted by atomic mass is 16.2. The lowest BCUT2D eigenvalue weighted by Gasteiger charge is -2.10. The molecule has 2 aromatic rings. The molecule has 0 saturated heterocycles. The molecule has 0 aliphatic rings. The molecule has 0 aromatic carbocycles. The molecular formula is C12H17N3O2. The van der Waals surface area contributed by atoms with Gasteiger partial charge in [-0.1, -0.05) is 13.8 Å². The first-order chi connectivity index (χ1) is 8.20. The molecule has 0 amide bonds. The van der Waals surface area contributed by atoms with Crippen molar-refractivity contribution in [2.45, 2.75) is 39.8 Å². The normalized spacial score (nSPS) is 11.2. The first-order valence-corrected chi connectivity index (χ1v) is 6.01. The minimum Gasteiger partial charge on any atom is -0.355 e. The average molecular weight is 235 g/mol. The van der Waals surface area contributed by atoms with E-state index in [4.69, 9.17) is 0 Å². The summed E-state index contributed by atoms with van der Waals surface area (Å²) >= 11 is 0. The highest BCUT2D eigenvalue weighted by Crippen LogP contribution is 2.06. The van der Waals surface area contributed by atoms with Crippen molar-refractivity contribution in [1.29, 1.82) is 0 Å². The van der Waals surface area contributed by atoms with Crippen LogP contribution < -0.4 is 11.2 Å². The van der Waals surface area contributed by atoms with E-state index in [0.29, 0.717) is 24.1 Å². The summed E-state index contributed by atoms with van der Waals surface area (Å²) in [5.74, 6) is 0. The Hall–Kier alpha value is -1.78. The van der Waals surface area contributed by atoms with E-state index in [2.05, 4.69) is 4.98 Å². The fraction of sp³-hybridized carbons (Fsp3) is 0.500. The summed E-state index contributed by atoms with van der Waals surface area (Å²) in [6.45, 7) is 5.07. The lowest BCUT2D eigenvalue weighted by Crippen LogP contribution is -2.39. The predicted molar refractivity (Wildman–Crippen MR) is 67.4 cm³/mol. The molecule has 0 aliphatic carbocycles. The molecule has 0 atom stereocenters. The van der Waals surface area contributed by atoms with Gasteiger partial charge in [0, 0.05) is 19.3 Å². The number of nitrogens with zero attached hydrogens (tertiary/aromatic N) is 2. The SMILES string of the molecule is CCCn1c(=O)c2[nH]ccc2n(CCC)c1=O. The van der Waals surface area contributed by atoms with Crippen molar-refractivity contribution in [1.82, 2.24) is 14.1 Å². The minimum atomic E-state index is -0.218.